The molecule has 2 aliphatic rings. The highest BCUT2D eigenvalue weighted by Crippen LogP contribution is 2.30. The van der Waals surface area contributed by atoms with Crippen LogP contribution in [0.5, 0.6) is 0 Å². The standard InChI is InChI=1S/C13H16N2O2S2/c1-8-3-9(2)5-10(4-8)15-12-7-19(16,17)6-11(12)14-13(15)18/h3-5,11-12H,6-7H2,1-2H3,(H,14,18)/t11-,12-/m0/s1. The molecule has 4 nitrogen and oxygen atoms in total. The number of nitrogens with zero attached hydrogens (tertiary/aromatic N) is 1. The lowest BCUT2D eigenvalue weighted by molar-refractivity contribution is 0.600. The van der Waals surface area contributed by atoms with Crippen LogP contribution in [0.3, 0.4) is 0 Å². The number of thiocarbonyl (C=S) groups is 1. The van der Waals surface area contributed by atoms with Gasteiger partial charge in [0.15, 0.2) is 14.9 Å². The highest BCUT2D eigenvalue weighted by Gasteiger charge is 2.47. The van der Waals surface area contributed by atoms with Crippen LogP contribution < -0.4 is 10.2 Å². The van der Waals surface area contributed by atoms with Gasteiger partial charge in [0, 0.05) is 5.69 Å². The lowest BCUT2D eigenvalue weighted by Crippen LogP contribution is -2.36. The fraction of sp³-hybridized carbons (Fsp3) is 0.462. The van der Waals surface area contributed by atoms with E-state index in [1.165, 1.54) is 0 Å². The zero-order chi connectivity index (χ0) is 13.8. The Morgan fingerprint density at radius 1 is 1.21 bits per heavy atom. The van der Waals surface area contributed by atoms with Crippen molar-refractivity contribution >= 4 is 32.9 Å². The predicted octanol–water partition coefficient (Wildman–Crippen LogP) is 1.16. The summed E-state index contributed by atoms with van der Waals surface area (Å²) in [5, 5.41) is 3.77. The van der Waals surface area contributed by atoms with E-state index in [1.807, 2.05) is 30.9 Å². The third-order valence-electron chi connectivity index (χ3n) is 3.67. The predicted molar refractivity (Wildman–Crippen MR) is 80.4 cm³/mol. The Labute approximate surface area is 118 Å². The fourth-order valence-electron chi connectivity index (χ4n) is 3.00. The van der Waals surface area contributed by atoms with Crippen molar-refractivity contribution in [1.29, 1.82) is 0 Å². The quantitative estimate of drug-likeness (QED) is 0.788. The first kappa shape index (κ1) is 12.9. The average Bonchev–Trinajstić information content (AvgIpc) is 2.66. The average molecular weight is 296 g/mol. The van der Waals surface area contributed by atoms with Crippen molar-refractivity contribution in [2.75, 3.05) is 16.4 Å². The zero-order valence-electron chi connectivity index (χ0n) is 10.9. The van der Waals surface area contributed by atoms with Gasteiger partial charge >= 0.3 is 0 Å². The largest absolute Gasteiger partial charge is 0.356 e. The first-order valence-electron chi connectivity index (χ1n) is 6.24. The Morgan fingerprint density at radius 3 is 2.47 bits per heavy atom. The Kier molecular flexibility index (Phi) is 2.83. The summed E-state index contributed by atoms with van der Waals surface area (Å²) in [4.78, 5) is 1.96. The van der Waals surface area contributed by atoms with Crippen LogP contribution in [0, 0.1) is 13.8 Å². The summed E-state index contributed by atoms with van der Waals surface area (Å²) >= 11 is 5.36. The van der Waals surface area contributed by atoms with Gasteiger partial charge in [-0.15, -0.1) is 0 Å². The molecular weight excluding hydrogens is 280 g/mol. The van der Waals surface area contributed by atoms with E-state index in [9.17, 15) is 8.42 Å². The van der Waals surface area contributed by atoms with E-state index in [2.05, 4.69) is 11.4 Å². The summed E-state index contributed by atoms with van der Waals surface area (Å²) in [6.45, 7) is 4.07. The minimum atomic E-state index is -2.95. The molecule has 0 amide bonds. The summed E-state index contributed by atoms with van der Waals surface area (Å²) in [5.41, 5.74) is 3.30. The number of aryl methyl sites for hydroxylation is 2. The number of rotatable bonds is 1. The van der Waals surface area contributed by atoms with Gasteiger partial charge in [0.05, 0.1) is 23.6 Å². The Hall–Kier alpha value is -1.14. The molecule has 102 valence electrons. The second-order valence-electron chi connectivity index (χ2n) is 5.42. The Morgan fingerprint density at radius 2 is 1.84 bits per heavy atom. The van der Waals surface area contributed by atoms with E-state index >= 15 is 0 Å². The molecule has 2 heterocycles. The van der Waals surface area contributed by atoms with Gasteiger partial charge in [-0.1, -0.05) is 6.07 Å². The van der Waals surface area contributed by atoms with Crippen LogP contribution in [-0.2, 0) is 9.84 Å². The van der Waals surface area contributed by atoms with E-state index < -0.39 is 9.84 Å². The van der Waals surface area contributed by atoms with Gasteiger partial charge in [-0.3, -0.25) is 0 Å². The summed E-state index contributed by atoms with van der Waals surface area (Å²) < 4.78 is 23.5. The second kappa shape index (κ2) is 4.18. The van der Waals surface area contributed by atoms with Crippen LogP contribution in [0.4, 0.5) is 5.69 Å². The molecule has 1 aromatic carbocycles. The molecule has 2 aliphatic heterocycles. The molecule has 0 bridgehead atoms. The van der Waals surface area contributed by atoms with Crippen LogP contribution in [0.2, 0.25) is 0 Å². The van der Waals surface area contributed by atoms with Crippen LogP contribution in [0.15, 0.2) is 18.2 Å². The van der Waals surface area contributed by atoms with E-state index in [4.69, 9.17) is 12.2 Å². The molecule has 1 aromatic rings. The van der Waals surface area contributed by atoms with Crippen molar-refractivity contribution in [2.24, 2.45) is 0 Å². The van der Waals surface area contributed by atoms with Crippen LogP contribution >= 0.6 is 12.2 Å². The molecule has 2 saturated heterocycles. The first-order valence-corrected chi connectivity index (χ1v) is 8.47. The number of hydrogen-bond acceptors (Lipinski definition) is 3. The van der Waals surface area contributed by atoms with Crippen LogP contribution in [-0.4, -0.2) is 37.1 Å². The summed E-state index contributed by atoms with van der Waals surface area (Å²) in [6.07, 6.45) is 0. The van der Waals surface area contributed by atoms with Crippen molar-refractivity contribution in [1.82, 2.24) is 5.32 Å². The maximum absolute atomic E-state index is 11.8. The highest BCUT2D eigenvalue weighted by molar-refractivity contribution is 7.91. The molecule has 6 heteroatoms. The number of benzene rings is 1. The Balaban J connectivity index is 2.02. The van der Waals surface area contributed by atoms with Gasteiger partial charge in [0.2, 0.25) is 0 Å². The minimum Gasteiger partial charge on any atom is -0.356 e. The van der Waals surface area contributed by atoms with E-state index in [-0.39, 0.29) is 23.6 Å². The molecule has 0 aliphatic carbocycles. The molecule has 3 rings (SSSR count). The number of anilines is 1. The van der Waals surface area contributed by atoms with E-state index in [1.54, 1.807) is 0 Å². The smallest absolute Gasteiger partial charge is 0.174 e. The van der Waals surface area contributed by atoms with Gasteiger partial charge < -0.3 is 10.2 Å². The molecule has 0 aromatic heterocycles. The Bertz CT molecular complexity index is 634. The fourth-order valence-corrected chi connectivity index (χ4v) is 5.28. The molecule has 2 atom stereocenters. The number of hydrogen-bond donors (Lipinski definition) is 1. The molecule has 1 N–H and O–H groups in total. The normalized spacial score (nSPS) is 28.3. The van der Waals surface area contributed by atoms with Gasteiger partial charge in [-0.2, -0.15) is 0 Å². The van der Waals surface area contributed by atoms with Crippen molar-refractivity contribution in [3.8, 4) is 0 Å². The maximum atomic E-state index is 11.8. The molecular formula is C13H16N2O2S2. The maximum Gasteiger partial charge on any atom is 0.174 e. The van der Waals surface area contributed by atoms with Gasteiger partial charge in [0.1, 0.15) is 0 Å². The van der Waals surface area contributed by atoms with E-state index in [0.717, 1.165) is 16.8 Å². The van der Waals surface area contributed by atoms with Crippen molar-refractivity contribution in [3.63, 3.8) is 0 Å². The first-order chi connectivity index (χ1) is 8.85. The van der Waals surface area contributed by atoms with Gasteiger partial charge in [-0.05, 0) is 49.3 Å². The van der Waals surface area contributed by atoms with Crippen LogP contribution in [0.25, 0.3) is 0 Å². The SMILES string of the molecule is Cc1cc(C)cc(N2C(=S)N[C@H]3CS(=O)(=O)C[C@@H]32)c1. The minimum absolute atomic E-state index is 0.0706. The molecule has 0 saturated carbocycles. The number of sulfone groups is 1. The highest BCUT2D eigenvalue weighted by atomic mass is 32.2. The second-order valence-corrected chi connectivity index (χ2v) is 7.96. The van der Waals surface area contributed by atoms with Gasteiger partial charge in [-0.25, -0.2) is 8.42 Å². The molecule has 0 spiro atoms. The third-order valence-corrected chi connectivity index (χ3v) is 5.70. The monoisotopic (exact) mass is 296 g/mol. The topological polar surface area (TPSA) is 49.4 Å². The van der Waals surface area contributed by atoms with Crippen molar-refractivity contribution < 1.29 is 8.42 Å². The molecule has 0 unspecified atom stereocenters. The zero-order valence-corrected chi connectivity index (χ0v) is 12.5. The number of nitrogens with one attached hydrogen (secondary N) is 1. The van der Waals surface area contributed by atoms with Crippen molar-refractivity contribution in [2.45, 2.75) is 25.9 Å². The lowest BCUT2D eigenvalue weighted by atomic mass is 10.1. The molecule has 19 heavy (non-hydrogen) atoms. The summed E-state index contributed by atoms with van der Waals surface area (Å²) in [5.74, 6) is 0.358. The number of fused-ring (bicyclic) bond motifs is 1. The molecule has 0 radical (unpaired) electrons. The van der Waals surface area contributed by atoms with Gasteiger partial charge in [0.25, 0.3) is 0 Å². The lowest BCUT2D eigenvalue weighted by Gasteiger charge is -2.24. The van der Waals surface area contributed by atoms with E-state index in [0.29, 0.717) is 5.11 Å². The summed E-state index contributed by atoms with van der Waals surface area (Å²) in [6, 6.07) is 6.05. The van der Waals surface area contributed by atoms with Crippen molar-refractivity contribution in [3.05, 3.63) is 29.3 Å². The molecule has 2 fully saturated rings. The van der Waals surface area contributed by atoms with Crippen LogP contribution in [0.1, 0.15) is 11.1 Å². The summed E-state index contributed by atoms with van der Waals surface area (Å²) in [7, 11) is -2.95. The third kappa shape index (κ3) is 2.23.